The summed E-state index contributed by atoms with van der Waals surface area (Å²) in [5.74, 6) is 0. The van der Waals surface area contributed by atoms with E-state index in [0.717, 1.165) is 17.2 Å². The number of hydrogen-bond donors (Lipinski definition) is 0. The van der Waals surface area contributed by atoms with Crippen LogP contribution >= 0.6 is 11.6 Å². The SMILES string of the molecule is C/C=C(\C=C/C(Cl)=C(C)C)C1CO1. The lowest BCUT2D eigenvalue weighted by Gasteiger charge is -1.95. The summed E-state index contributed by atoms with van der Waals surface area (Å²) in [5, 5.41) is 0.806. The van der Waals surface area contributed by atoms with E-state index in [1.807, 2.05) is 32.9 Å². The molecule has 1 atom stereocenters. The Morgan fingerprint density at radius 2 is 2.00 bits per heavy atom. The standard InChI is InChI=1S/C11H15ClO/c1-4-9(11-7-13-11)5-6-10(12)8(2)3/h4-6,11H,7H2,1-3H3/b6-5-,9-4+. The van der Waals surface area contributed by atoms with Gasteiger partial charge in [0, 0.05) is 5.03 Å². The average molecular weight is 199 g/mol. The fourth-order valence-corrected chi connectivity index (χ4v) is 1.03. The molecule has 13 heavy (non-hydrogen) atoms. The number of epoxide rings is 1. The molecule has 0 bridgehead atoms. The fourth-order valence-electron chi connectivity index (χ4n) is 0.966. The first-order valence-corrected chi connectivity index (χ1v) is 4.81. The van der Waals surface area contributed by atoms with Crippen molar-refractivity contribution in [3.05, 3.63) is 34.4 Å². The summed E-state index contributed by atoms with van der Waals surface area (Å²) in [5.41, 5.74) is 2.34. The van der Waals surface area contributed by atoms with E-state index >= 15 is 0 Å². The Morgan fingerprint density at radius 3 is 2.38 bits per heavy atom. The van der Waals surface area contributed by atoms with Crippen LogP contribution in [-0.4, -0.2) is 12.7 Å². The van der Waals surface area contributed by atoms with Gasteiger partial charge >= 0.3 is 0 Å². The predicted molar refractivity (Wildman–Crippen MR) is 56.9 cm³/mol. The molecule has 0 aromatic rings. The van der Waals surface area contributed by atoms with E-state index < -0.39 is 0 Å². The van der Waals surface area contributed by atoms with E-state index in [1.165, 1.54) is 5.57 Å². The summed E-state index contributed by atoms with van der Waals surface area (Å²) >= 11 is 5.97. The van der Waals surface area contributed by atoms with Crippen LogP contribution in [0.3, 0.4) is 0 Å². The third kappa shape index (κ3) is 3.37. The van der Waals surface area contributed by atoms with Crippen LogP contribution < -0.4 is 0 Å². The highest BCUT2D eigenvalue weighted by Gasteiger charge is 2.24. The van der Waals surface area contributed by atoms with Crippen molar-refractivity contribution in [3.63, 3.8) is 0 Å². The lowest BCUT2D eigenvalue weighted by molar-refractivity contribution is 0.434. The second kappa shape index (κ2) is 4.64. The molecule has 1 aliphatic heterocycles. The highest BCUT2D eigenvalue weighted by molar-refractivity contribution is 6.31. The van der Waals surface area contributed by atoms with Crippen molar-refractivity contribution in [2.75, 3.05) is 6.61 Å². The van der Waals surface area contributed by atoms with Crippen molar-refractivity contribution in [2.45, 2.75) is 26.9 Å². The molecule has 2 heteroatoms. The van der Waals surface area contributed by atoms with E-state index in [0.29, 0.717) is 6.10 Å². The molecular formula is C11H15ClO. The molecule has 1 heterocycles. The van der Waals surface area contributed by atoms with Gasteiger partial charge in [-0.3, -0.25) is 0 Å². The Kier molecular flexibility index (Phi) is 3.76. The van der Waals surface area contributed by atoms with Gasteiger partial charge in [0.15, 0.2) is 0 Å². The zero-order valence-corrected chi connectivity index (χ0v) is 9.06. The minimum atomic E-state index is 0.308. The van der Waals surface area contributed by atoms with Crippen molar-refractivity contribution in [3.8, 4) is 0 Å². The normalized spacial score (nSPS) is 22.2. The molecule has 0 aromatic heterocycles. The summed E-state index contributed by atoms with van der Waals surface area (Å²) in [6.45, 7) is 6.85. The molecule has 0 radical (unpaired) electrons. The van der Waals surface area contributed by atoms with Gasteiger partial charge in [0.2, 0.25) is 0 Å². The minimum Gasteiger partial charge on any atom is -0.368 e. The molecule has 0 aromatic carbocycles. The van der Waals surface area contributed by atoms with Crippen molar-refractivity contribution >= 4 is 11.6 Å². The molecule has 0 spiro atoms. The van der Waals surface area contributed by atoms with Crippen LogP contribution in [0.25, 0.3) is 0 Å². The lowest BCUT2D eigenvalue weighted by Crippen LogP contribution is -1.87. The number of ether oxygens (including phenoxy) is 1. The Morgan fingerprint density at radius 1 is 1.38 bits per heavy atom. The molecular weight excluding hydrogens is 184 g/mol. The van der Waals surface area contributed by atoms with Crippen LogP contribution in [0.2, 0.25) is 0 Å². The molecule has 1 saturated heterocycles. The number of rotatable bonds is 3. The van der Waals surface area contributed by atoms with E-state index in [2.05, 4.69) is 6.08 Å². The molecule has 1 rings (SSSR count). The molecule has 1 nitrogen and oxygen atoms in total. The van der Waals surface area contributed by atoms with E-state index in [-0.39, 0.29) is 0 Å². The minimum absolute atomic E-state index is 0.308. The van der Waals surface area contributed by atoms with Gasteiger partial charge in [0.25, 0.3) is 0 Å². The van der Waals surface area contributed by atoms with Gasteiger partial charge in [0.05, 0.1) is 6.61 Å². The molecule has 1 unspecified atom stereocenters. The summed E-state index contributed by atoms with van der Waals surface area (Å²) in [6.07, 6.45) is 6.31. The molecule has 1 aliphatic rings. The first-order valence-electron chi connectivity index (χ1n) is 4.44. The van der Waals surface area contributed by atoms with E-state index in [4.69, 9.17) is 16.3 Å². The topological polar surface area (TPSA) is 12.5 Å². The van der Waals surface area contributed by atoms with Gasteiger partial charge in [-0.25, -0.2) is 0 Å². The molecule has 1 fully saturated rings. The van der Waals surface area contributed by atoms with Crippen molar-refractivity contribution in [1.29, 1.82) is 0 Å². The Balaban J connectivity index is 2.60. The Labute approximate surface area is 84.7 Å². The number of hydrogen-bond acceptors (Lipinski definition) is 1. The summed E-state index contributed by atoms with van der Waals surface area (Å²) < 4.78 is 5.18. The largest absolute Gasteiger partial charge is 0.368 e. The van der Waals surface area contributed by atoms with Crippen LogP contribution in [0.15, 0.2) is 34.4 Å². The van der Waals surface area contributed by atoms with Gasteiger partial charge in [-0.1, -0.05) is 29.3 Å². The Hall–Kier alpha value is -0.530. The van der Waals surface area contributed by atoms with Crippen molar-refractivity contribution in [2.24, 2.45) is 0 Å². The number of halogens is 1. The zero-order valence-electron chi connectivity index (χ0n) is 8.30. The second-order valence-electron chi connectivity index (χ2n) is 3.29. The fraction of sp³-hybridized carbons (Fsp3) is 0.455. The van der Waals surface area contributed by atoms with Gasteiger partial charge < -0.3 is 4.74 Å². The van der Waals surface area contributed by atoms with Gasteiger partial charge in [0.1, 0.15) is 6.10 Å². The molecule has 0 saturated carbocycles. The van der Waals surface area contributed by atoms with Crippen LogP contribution in [-0.2, 0) is 4.74 Å². The van der Waals surface area contributed by atoms with Gasteiger partial charge in [-0.2, -0.15) is 0 Å². The van der Waals surface area contributed by atoms with Gasteiger partial charge in [-0.05, 0) is 32.4 Å². The summed E-state index contributed by atoms with van der Waals surface area (Å²) in [4.78, 5) is 0. The maximum atomic E-state index is 5.97. The highest BCUT2D eigenvalue weighted by Crippen LogP contribution is 2.21. The molecule has 0 aliphatic carbocycles. The van der Waals surface area contributed by atoms with E-state index in [1.54, 1.807) is 0 Å². The maximum Gasteiger partial charge on any atom is 0.106 e. The van der Waals surface area contributed by atoms with E-state index in [9.17, 15) is 0 Å². The number of allylic oxidation sites excluding steroid dienone is 4. The van der Waals surface area contributed by atoms with Crippen LogP contribution in [0.4, 0.5) is 0 Å². The highest BCUT2D eigenvalue weighted by atomic mass is 35.5. The van der Waals surface area contributed by atoms with Crippen LogP contribution in [0.5, 0.6) is 0 Å². The average Bonchev–Trinajstić information content (AvgIpc) is 2.88. The van der Waals surface area contributed by atoms with Crippen molar-refractivity contribution < 1.29 is 4.74 Å². The first-order chi connectivity index (χ1) is 6.15. The van der Waals surface area contributed by atoms with Crippen LogP contribution in [0, 0.1) is 0 Å². The zero-order chi connectivity index (χ0) is 9.84. The second-order valence-corrected chi connectivity index (χ2v) is 3.70. The monoisotopic (exact) mass is 198 g/mol. The lowest BCUT2D eigenvalue weighted by atomic mass is 10.1. The van der Waals surface area contributed by atoms with Crippen LogP contribution in [0.1, 0.15) is 20.8 Å². The Bertz CT molecular complexity index is 266. The third-order valence-electron chi connectivity index (χ3n) is 1.94. The quantitative estimate of drug-likeness (QED) is 0.500. The summed E-state index contributed by atoms with van der Waals surface area (Å²) in [7, 11) is 0. The first kappa shape index (κ1) is 10.6. The van der Waals surface area contributed by atoms with Crippen molar-refractivity contribution in [1.82, 2.24) is 0 Å². The predicted octanol–water partition coefficient (Wildman–Crippen LogP) is 3.42. The smallest absolute Gasteiger partial charge is 0.106 e. The molecule has 0 N–H and O–H groups in total. The summed E-state index contributed by atoms with van der Waals surface area (Å²) in [6, 6.07) is 0. The molecule has 0 amide bonds. The van der Waals surface area contributed by atoms with Gasteiger partial charge in [-0.15, -0.1) is 0 Å². The maximum absolute atomic E-state index is 5.97. The third-order valence-corrected chi connectivity index (χ3v) is 2.44. The molecule has 72 valence electrons.